The molecule has 0 saturated carbocycles. The van der Waals surface area contributed by atoms with Crippen molar-refractivity contribution in [2.75, 3.05) is 0 Å². The average Bonchev–Trinajstić information content (AvgIpc) is 2.90. The Bertz CT molecular complexity index is 772. The molecular weight excluding hydrogens is 254 g/mol. The second-order valence-electron chi connectivity index (χ2n) is 4.53. The summed E-state index contributed by atoms with van der Waals surface area (Å²) in [5.41, 5.74) is 3.08. The second-order valence-corrected chi connectivity index (χ2v) is 4.53. The summed E-state index contributed by atoms with van der Waals surface area (Å²) in [4.78, 5) is 15.5. The number of para-hydroxylation sites is 1. The zero-order valence-corrected chi connectivity index (χ0v) is 11.0. The first-order valence-corrected chi connectivity index (χ1v) is 6.41. The van der Waals surface area contributed by atoms with E-state index in [2.05, 4.69) is 11.9 Å². The lowest BCUT2D eigenvalue weighted by Crippen LogP contribution is -1.95. The number of nitrogens with zero attached hydrogens (tertiary/aromatic N) is 1. The number of benzene rings is 2. The SMILES string of the molecule is CCc1ccc(-c2nc3cccc(C(=O)O)c3o2)cc1. The van der Waals surface area contributed by atoms with Crippen LogP contribution in [-0.4, -0.2) is 16.1 Å². The zero-order valence-electron chi connectivity index (χ0n) is 11.0. The molecule has 3 rings (SSSR count). The molecule has 0 amide bonds. The second kappa shape index (κ2) is 4.81. The summed E-state index contributed by atoms with van der Waals surface area (Å²) in [6.45, 7) is 2.09. The van der Waals surface area contributed by atoms with E-state index < -0.39 is 5.97 Å². The Hall–Kier alpha value is -2.62. The molecule has 0 bridgehead atoms. The minimum absolute atomic E-state index is 0.131. The van der Waals surface area contributed by atoms with Gasteiger partial charge in [0, 0.05) is 5.56 Å². The summed E-state index contributed by atoms with van der Waals surface area (Å²) in [5.74, 6) is -0.573. The number of oxazole rings is 1. The first-order valence-electron chi connectivity index (χ1n) is 6.41. The Morgan fingerprint density at radius 3 is 2.60 bits per heavy atom. The van der Waals surface area contributed by atoms with E-state index in [9.17, 15) is 4.79 Å². The van der Waals surface area contributed by atoms with Crippen LogP contribution in [0.1, 0.15) is 22.8 Å². The summed E-state index contributed by atoms with van der Waals surface area (Å²) in [7, 11) is 0. The van der Waals surface area contributed by atoms with E-state index in [1.807, 2.05) is 24.3 Å². The van der Waals surface area contributed by atoms with Crippen molar-refractivity contribution < 1.29 is 14.3 Å². The third-order valence-corrected chi connectivity index (χ3v) is 3.25. The van der Waals surface area contributed by atoms with Gasteiger partial charge in [-0.3, -0.25) is 0 Å². The van der Waals surface area contributed by atoms with E-state index in [1.165, 1.54) is 11.6 Å². The van der Waals surface area contributed by atoms with Crippen molar-refractivity contribution in [3.05, 3.63) is 53.6 Å². The lowest BCUT2D eigenvalue weighted by Gasteiger charge is -1.98. The number of aryl methyl sites for hydroxylation is 1. The maximum absolute atomic E-state index is 11.2. The standard InChI is InChI=1S/C16H13NO3/c1-2-10-6-8-11(9-7-10)15-17-13-5-3-4-12(16(18)19)14(13)20-15/h3-9H,2H2,1H3,(H,18,19). The molecule has 0 aliphatic rings. The predicted octanol–water partition coefficient (Wildman–Crippen LogP) is 3.76. The summed E-state index contributed by atoms with van der Waals surface area (Å²) >= 11 is 0. The first kappa shape index (κ1) is 12.4. The van der Waals surface area contributed by atoms with Crippen LogP contribution in [0.3, 0.4) is 0 Å². The number of fused-ring (bicyclic) bond motifs is 1. The van der Waals surface area contributed by atoms with Crippen molar-refractivity contribution in [2.24, 2.45) is 0 Å². The molecule has 0 unspecified atom stereocenters. The van der Waals surface area contributed by atoms with Crippen LogP contribution in [0.25, 0.3) is 22.6 Å². The Labute approximate surface area is 115 Å². The van der Waals surface area contributed by atoms with Gasteiger partial charge in [-0.05, 0) is 36.2 Å². The van der Waals surface area contributed by atoms with E-state index in [1.54, 1.807) is 12.1 Å². The van der Waals surface area contributed by atoms with E-state index in [4.69, 9.17) is 9.52 Å². The van der Waals surface area contributed by atoms with Crippen LogP contribution >= 0.6 is 0 Å². The van der Waals surface area contributed by atoms with Crippen LogP contribution in [0.15, 0.2) is 46.9 Å². The highest BCUT2D eigenvalue weighted by Crippen LogP contribution is 2.26. The normalized spacial score (nSPS) is 10.8. The monoisotopic (exact) mass is 267 g/mol. The number of carbonyl (C=O) groups is 1. The van der Waals surface area contributed by atoms with Gasteiger partial charge in [-0.25, -0.2) is 9.78 Å². The van der Waals surface area contributed by atoms with Gasteiger partial charge in [0.1, 0.15) is 11.1 Å². The van der Waals surface area contributed by atoms with E-state index in [0.29, 0.717) is 17.0 Å². The van der Waals surface area contributed by atoms with Crippen molar-refractivity contribution >= 4 is 17.1 Å². The number of rotatable bonds is 3. The molecule has 4 nitrogen and oxygen atoms in total. The van der Waals surface area contributed by atoms with E-state index in [-0.39, 0.29) is 5.56 Å². The van der Waals surface area contributed by atoms with Gasteiger partial charge in [-0.1, -0.05) is 25.1 Å². The van der Waals surface area contributed by atoms with Crippen molar-refractivity contribution in [1.82, 2.24) is 4.98 Å². The van der Waals surface area contributed by atoms with Gasteiger partial charge >= 0.3 is 5.97 Å². The quantitative estimate of drug-likeness (QED) is 0.784. The summed E-state index contributed by atoms with van der Waals surface area (Å²) < 4.78 is 5.63. The van der Waals surface area contributed by atoms with Crippen LogP contribution in [0.5, 0.6) is 0 Å². The Balaban J connectivity index is 2.12. The van der Waals surface area contributed by atoms with Gasteiger partial charge in [0.05, 0.1) is 0 Å². The van der Waals surface area contributed by atoms with Gasteiger partial charge in [-0.2, -0.15) is 0 Å². The third-order valence-electron chi connectivity index (χ3n) is 3.25. The maximum Gasteiger partial charge on any atom is 0.339 e. The number of aromatic nitrogens is 1. The fourth-order valence-corrected chi connectivity index (χ4v) is 2.12. The molecule has 0 radical (unpaired) electrons. The number of hydrogen-bond donors (Lipinski definition) is 1. The fourth-order valence-electron chi connectivity index (χ4n) is 2.12. The predicted molar refractivity (Wildman–Crippen MR) is 75.8 cm³/mol. The Kier molecular flexibility index (Phi) is 2.99. The molecule has 100 valence electrons. The van der Waals surface area contributed by atoms with Crippen LogP contribution in [0.2, 0.25) is 0 Å². The molecule has 0 aliphatic heterocycles. The molecule has 4 heteroatoms. The molecule has 20 heavy (non-hydrogen) atoms. The van der Waals surface area contributed by atoms with Crippen LogP contribution in [0.4, 0.5) is 0 Å². The van der Waals surface area contributed by atoms with Crippen molar-refractivity contribution in [3.63, 3.8) is 0 Å². The largest absolute Gasteiger partial charge is 0.478 e. The molecule has 0 fully saturated rings. The summed E-state index contributed by atoms with van der Waals surface area (Å²) in [6, 6.07) is 12.8. The van der Waals surface area contributed by atoms with Crippen LogP contribution in [-0.2, 0) is 6.42 Å². The molecule has 0 aliphatic carbocycles. The zero-order chi connectivity index (χ0) is 14.1. The number of carboxylic acids is 1. The lowest BCUT2D eigenvalue weighted by molar-refractivity contribution is 0.0698. The molecule has 1 aromatic heterocycles. The number of hydrogen-bond acceptors (Lipinski definition) is 3. The van der Waals surface area contributed by atoms with E-state index in [0.717, 1.165) is 12.0 Å². The van der Waals surface area contributed by atoms with Crippen molar-refractivity contribution in [1.29, 1.82) is 0 Å². The van der Waals surface area contributed by atoms with Gasteiger partial charge in [0.25, 0.3) is 0 Å². The molecule has 2 aromatic carbocycles. The molecule has 0 saturated heterocycles. The minimum atomic E-state index is -1.01. The highest BCUT2D eigenvalue weighted by molar-refractivity contribution is 6.00. The van der Waals surface area contributed by atoms with Gasteiger partial charge < -0.3 is 9.52 Å². The topological polar surface area (TPSA) is 63.3 Å². The van der Waals surface area contributed by atoms with Gasteiger partial charge in [0.15, 0.2) is 5.58 Å². The lowest BCUT2D eigenvalue weighted by atomic mass is 10.1. The molecule has 0 spiro atoms. The molecular formula is C16H13NO3. The maximum atomic E-state index is 11.2. The van der Waals surface area contributed by atoms with E-state index >= 15 is 0 Å². The molecule has 0 atom stereocenters. The molecule has 1 heterocycles. The van der Waals surface area contributed by atoms with Crippen LogP contribution in [0, 0.1) is 0 Å². The summed E-state index contributed by atoms with van der Waals surface area (Å²) in [6.07, 6.45) is 0.969. The highest BCUT2D eigenvalue weighted by atomic mass is 16.4. The van der Waals surface area contributed by atoms with Crippen LogP contribution < -0.4 is 0 Å². The smallest absolute Gasteiger partial charge is 0.339 e. The van der Waals surface area contributed by atoms with Crippen molar-refractivity contribution in [2.45, 2.75) is 13.3 Å². The third kappa shape index (κ3) is 2.05. The Morgan fingerprint density at radius 1 is 1.20 bits per heavy atom. The number of carboxylic acid groups (broad SMARTS) is 1. The fraction of sp³-hybridized carbons (Fsp3) is 0.125. The van der Waals surface area contributed by atoms with Crippen molar-refractivity contribution in [3.8, 4) is 11.5 Å². The minimum Gasteiger partial charge on any atom is -0.478 e. The summed E-state index contributed by atoms with van der Waals surface area (Å²) in [5, 5.41) is 9.14. The highest BCUT2D eigenvalue weighted by Gasteiger charge is 2.15. The van der Waals surface area contributed by atoms with Gasteiger partial charge in [-0.15, -0.1) is 0 Å². The average molecular weight is 267 g/mol. The van der Waals surface area contributed by atoms with Gasteiger partial charge in [0.2, 0.25) is 5.89 Å². The number of aromatic carboxylic acids is 1. The molecule has 1 N–H and O–H groups in total. The Morgan fingerprint density at radius 2 is 1.95 bits per heavy atom. The molecule has 3 aromatic rings. The first-order chi connectivity index (χ1) is 9.69.